The minimum atomic E-state index is -1.33. The van der Waals surface area contributed by atoms with Gasteiger partial charge in [-0.2, -0.15) is 0 Å². The number of hydrogen-bond acceptors (Lipinski definition) is 0. The Bertz CT molecular complexity index is 408. The molecule has 2 aromatic carbocycles. The van der Waals surface area contributed by atoms with Gasteiger partial charge in [0.2, 0.25) is 0 Å². The maximum atomic E-state index is 4.19. The summed E-state index contributed by atoms with van der Waals surface area (Å²) in [6.45, 7) is 0. The fraction of sp³-hybridized carbons (Fsp3) is 0. The summed E-state index contributed by atoms with van der Waals surface area (Å²) in [6.07, 6.45) is 0. The first-order valence-corrected chi connectivity index (χ1v) is 12.4. The molecule has 0 aliphatic carbocycles. The average Bonchev–Trinajstić information content (AvgIpc) is 2.40. The van der Waals surface area contributed by atoms with Gasteiger partial charge in [-0.15, -0.1) is 0 Å². The van der Waals surface area contributed by atoms with Gasteiger partial charge in [0.25, 0.3) is 0 Å². The Kier molecular flexibility index (Phi) is 4.21. The molecule has 81 valence electrons. The molecule has 0 saturated heterocycles. The topological polar surface area (TPSA) is 27.6 Å². The van der Waals surface area contributed by atoms with Crippen molar-refractivity contribution >= 4 is 45.6 Å². The molecule has 16 heavy (non-hydrogen) atoms. The van der Waals surface area contributed by atoms with E-state index in [1.807, 2.05) is 0 Å². The van der Waals surface area contributed by atoms with Crippen LogP contribution in [0.1, 0.15) is 0 Å². The zero-order valence-corrected chi connectivity index (χ0v) is 13.1. The Morgan fingerprint density at radius 1 is 0.812 bits per heavy atom. The van der Waals surface area contributed by atoms with Crippen molar-refractivity contribution in [3.05, 3.63) is 60.7 Å². The molecular weight excluding hydrogens is 347 g/mol. The third-order valence-electron chi connectivity index (χ3n) is 2.37. The van der Waals surface area contributed by atoms with Crippen molar-refractivity contribution in [3.63, 3.8) is 0 Å². The first-order valence-electron chi connectivity index (χ1n) is 4.92. The zero-order chi connectivity index (χ0) is 11.4. The first kappa shape index (κ1) is 12.3. The van der Waals surface area contributed by atoms with Crippen LogP contribution in [0.5, 0.6) is 0 Å². The Balaban J connectivity index is 2.49. The zero-order valence-electron chi connectivity index (χ0n) is 8.74. The Morgan fingerprint density at radius 3 is 1.50 bits per heavy atom. The summed E-state index contributed by atoms with van der Waals surface area (Å²) >= 11 is 3.79. The monoisotopic (exact) mass is 362 g/mol. The summed E-state index contributed by atoms with van der Waals surface area (Å²) in [5, 5.41) is 2.83. The van der Waals surface area contributed by atoms with Gasteiger partial charge >= 0.3 is 111 Å². The van der Waals surface area contributed by atoms with Gasteiger partial charge in [0.1, 0.15) is 0 Å². The Hall–Kier alpha value is -0.131. The van der Waals surface area contributed by atoms with Gasteiger partial charge in [-0.1, -0.05) is 0 Å². The molecule has 0 aliphatic heterocycles. The third-order valence-corrected chi connectivity index (χ3v) is 15.7. The predicted molar refractivity (Wildman–Crippen MR) is 73.5 cm³/mol. The second-order valence-corrected chi connectivity index (χ2v) is 17.8. The predicted octanol–water partition coefficient (Wildman–Crippen LogP) is 0.515. The van der Waals surface area contributed by atoms with Crippen LogP contribution >= 0.6 is 4.64 Å². The summed E-state index contributed by atoms with van der Waals surface area (Å²) in [5.41, 5.74) is 0. The van der Waals surface area contributed by atoms with Gasteiger partial charge in [0.15, 0.2) is 0 Å². The van der Waals surface area contributed by atoms with Crippen molar-refractivity contribution < 1.29 is 4.75 Å². The van der Waals surface area contributed by atoms with E-state index in [4.69, 9.17) is 0 Å². The molecule has 0 bridgehead atoms. The van der Waals surface area contributed by atoms with Crippen LogP contribution in [0.3, 0.4) is 0 Å². The summed E-state index contributed by atoms with van der Waals surface area (Å²) in [4.78, 5) is 0. The van der Waals surface area contributed by atoms with E-state index in [0.717, 1.165) is 0 Å². The van der Waals surface area contributed by atoms with Crippen molar-refractivity contribution in [1.82, 2.24) is 0 Å². The van der Waals surface area contributed by atoms with Crippen LogP contribution in [0.15, 0.2) is 60.7 Å². The van der Waals surface area contributed by atoms with Crippen LogP contribution in [-0.4, -0.2) is 30.3 Å². The number of rotatable bonds is 3. The van der Waals surface area contributed by atoms with Crippen LogP contribution < -0.4 is 15.4 Å². The molecule has 2 aromatic rings. The fourth-order valence-electron chi connectivity index (χ4n) is 1.55. The van der Waals surface area contributed by atoms with Crippen molar-refractivity contribution in [2.24, 2.45) is 0 Å². The van der Waals surface area contributed by atoms with Crippen molar-refractivity contribution in [2.45, 2.75) is 0 Å². The van der Waals surface area contributed by atoms with Gasteiger partial charge < -0.3 is 0 Å². The van der Waals surface area contributed by atoms with Gasteiger partial charge in [-0.05, 0) is 0 Å². The molecular formula is C12H13NPSe2+2. The maximum absolute atomic E-state index is 4.19. The SMILES string of the molecule is [NH3+][Se][P+]([Se])(c1ccccc1)c1ccccc1. The van der Waals surface area contributed by atoms with E-state index in [2.05, 4.69) is 81.0 Å². The van der Waals surface area contributed by atoms with E-state index in [0.29, 0.717) is 14.7 Å². The summed E-state index contributed by atoms with van der Waals surface area (Å²) in [6, 6.07) is 21.4. The molecule has 4 heteroatoms. The van der Waals surface area contributed by atoms with Gasteiger partial charge in [-0.3, -0.25) is 0 Å². The van der Waals surface area contributed by atoms with Gasteiger partial charge in [0.05, 0.1) is 0 Å². The van der Waals surface area contributed by atoms with Gasteiger partial charge in [-0.25, -0.2) is 0 Å². The summed E-state index contributed by atoms with van der Waals surface area (Å²) in [7, 11) is 0. The van der Waals surface area contributed by atoms with Crippen molar-refractivity contribution in [3.8, 4) is 0 Å². The van der Waals surface area contributed by atoms with E-state index in [1.165, 1.54) is 10.6 Å². The van der Waals surface area contributed by atoms with E-state index in [-0.39, 0.29) is 0 Å². The molecule has 0 fully saturated rings. The summed E-state index contributed by atoms with van der Waals surface area (Å²) < 4.78 is 2.86. The molecule has 0 heterocycles. The van der Waals surface area contributed by atoms with Crippen LogP contribution in [0.4, 0.5) is 0 Å². The average molecular weight is 360 g/mol. The molecule has 3 N–H and O–H groups in total. The van der Waals surface area contributed by atoms with Crippen LogP contribution in [0.25, 0.3) is 0 Å². The molecule has 1 radical (unpaired) electrons. The minimum absolute atomic E-state index is 0.343. The van der Waals surface area contributed by atoms with Crippen LogP contribution in [-0.2, 0) is 0 Å². The van der Waals surface area contributed by atoms with E-state index < -0.39 is 4.64 Å². The molecule has 2 rings (SSSR count). The third kappa shape index (κ3) is 2.41. The van der Waals surface area contributed by atoms with E-state index in [1.54, 1.807) is 0 Å². The van der Waals surface area contributed by atoms with Crippen LogP contribution in [0, 0.1) is 0 Å². The van der Waals surface area contributed by atoms with E-state index >= 15 is 0 Å². The standard InChI is InChI=1S/C12H12NPSe2/c13-16-14(15,11-7-3-1-4-8-11)12-9-5-2-6-10-12/h1-10H,13H2/q+1/p+1. The number of quaternary nitrogens is 1. The molecule has 0 aliphatic rings. The van der Waals surface area contributed by atoms with Crippen molar-refractivity contribution in [1.29, 1.82) is 0 Å². The second kappa shape index (κ2) is 5.47. The molecule has 0 saturated carbocycles. The molecule has 0 atom stereocenters. The van der Waals surface area contributed by atoms with Gasteiger partial charge in [0, 0.05) is 0 Å². The Labute approximate surface area is 111 Å². The second-order valence-electron chi connectivity index (χ2n) is 3.35. The van der Waals surface area contributed by atoms with E-state index in [9.17, 15) is 0 Å². The summed E-state index contributed by atoms with van der Waals surface area (Å²) in [5.74, 6) is 0. The number of hydrogen-bond donors (Lipinski definition) is 1. The molecule has 1 nitrogen and oxygen atoms in total. The fourth-order valence-corrected chi connectivity index (χ4v) is 8.21. The normalized spacial score (nSPS) is 11.4. The quantitative estimate of drug-likeness (QED) is 0.611. The number of benzene rings is 2. The molecule has 0 spiro atoms. The molecule has 0 unspecified atom stereocenters. The first-order chi connectivity index (χ1) is 7.77. The Morgan fingerprint density at radius 2 is 1.19 bits per heavy atom. The molecule has 0 amide bonds. The van der Waals surface area contributed by atoms with Crippen molar-refractivity contribution in [2.75, 3.05) is 0 Å². The molecule has 0 aromatic heterocycles. The van der Waals surface area contributed by atoms with Crippen LogP contribution in [0.2, 0.25) is 0 Å².